The Balaban J connectivity index is 2.45. The largest absolute Gasteiger partial charge is 0.444 e. The van der Waals surface area contributed by atoms with E-state index in [1.807, 2.05) is 45.0 Å². The number of thiol groups is 1. The van der Waals surface area contributed by atoms with Gasteiger partial charge in [0.25, 0.3) is 0 Å². The normalized spacial score (nSPS) is 11.2. The minimum Gasteiger partial charge on any atom is -0.444 e. The zero-order valence-corrected chi connectivity index (χ0v) is 12.8. The third-order valence-electron chi connectivity index (χ3n) is 2.47. The molecule has 1 aromatic carbocycles. The van der Waals surface area contributed by atoms with E-state index in [9.17, 15) is 4.79 Å². The fraction of sp³-hybridized carbons (Fsp3) is 0.533. The third kappa shape index (κ3) is 7.11. The van der Waals surface area contributed by atoms with Gasteiger partial charge < -0.3 is 4.74 Å². The first-order valence-corrected chi connectivity index (χ1v) is 7.24. The summed E-state index contributed by atoms with van der Waals surface area (Å²) in [6.45, 7) is 5.53. The number of hydrogen-bond donors (Lipinski definition) is 2. The number of aryl methyl sites for hydroxylation is 1. The van der Waals surface area contributed by atoms with Crippen molar-refractivity contribution in [2.24, 2.45) is 0 Å². The van der Waals surface area contributed by atoms with Crippen LogP contribution in [-0.2, 0) is 11.2 Å². The molecule has 0 heterocycles. The highest BCUT2D eigenvalue weighted by Crippen LogP contribution is 2.14. The first-order valence-electron chi connectivity index (χ1n) is 6.60. The van der Waals surface area contributed by atoms with E-state index in [0.29, 0.717) is 0 Å². The molecule has 1 N–H and O–H groups in total. The van der Waals surface area contributed by atoms with Crippen molar-refractivity contribution in [2.45, 2.75) is 45.6 Å². The van der Waals surface area contributed by atoms with Crippen LogP contribution >= 0.6 is 12.6 Å². The summed E-state index contributed by atoms with van der Waals surface area (Å²) in [5.74, 6) is 0.929. The van der Waals surface area contributed by atoms with Crippen LogP contribution in [0, 0.1) is 0 Å². The number of amides is 1. The molecule has 0 fully saturated rings. The molecule has 3 nitrogen and oxygen atoms in total. The Bertz CT molecular complexity index is 396. The molecule has 0 spiro atoms. The zero-order valence-electron chi connectivity index (χ0n) is 11.9. The van der Waals surface area contributed by atoms with Gasteiger partial charge in [0.1, 0.15) is 5.60 Å². The first kappa shape index (κ1) is 15.9. The predicted molar refractivity (Wildman–Crippen MR) is 83.1 cm³/mol. The molecule has 4 heteroatoms. The van der Waals surface area contributed by atoms with Crippen LogP contribution in [0.1, 0.15) is 39.2 Å². The molecule has 1 rings (SSSR count). The summed E-state index contributed by atoms with van der Waals surface area (Å²) in [6, 6.07) is 7.87. The maximum Gasteiger partial charge on any atom is 0.412 e. The van der Waals surface area contributed by atoms with Gasteiger partial charge in [-0.2, -0.15) is 12.6 Å². The Labute approximate surface area is 121 Å². The average molecular weight is 281 g/mol. The number of rotatable bonds is 5. The molecule has 0 unspecified atom stereocenters. The number of hydrogen-bond acceptors (Lipinski definition) is 3. The topological polar surface area (TPSA) is 38.3 Å². The monoisotopic (exact) mass is 281 g/mol. The van der Waals surface area contributed by atoms with Gasteiger partial charge in [0.05, 0.1) is 0 Å². The average Bonchev–Trinajstić information content (AvgIpc) is 2.29. The summed E-state index contributed by atoms with van der Waals surface area (Å²) in [5.41, 5.74) is 1.56. The Hall–Kier alpha value is -1.16. The van der Waals surface area contributed by atoms with Crippen LogP contribution in [0.25, 0.3) is 0 Å². The summed E-state index contributed by atoms with van der Waals surface area (Å²) in [7, 11) is 0. The summed E-state index contributed by atoms with van der Waals surface area (Å²) >= 11 is 4.19. The van der Waals surface area contributed by atoms with Crippen molar-refractivity contribution in [3.8, 4) is 0 Å². The summed E-state index contributed by atoms with van der Waals surface area (Å²) < 4.78 is 5.19. The van der Waals surface area contributed by atoms with Gasteiger partial charge in [0.15, 0.2) is 0 Å². The Morgan fingerprint density at radius 3 is 2.37 bits per heavy atom. The predicted octanol–water partition coefficient (Wildman–Crippen LogP) is 4.29. The highest BCUT2D eigenvalue weighted by atomic mass is 32.1. The molecule has 0 aliphatic rings. The van der Waals surface area contributed by atoms with E-state index in [2.05, 4.69) is 17.9 Å². The van der Waals surface area contributed by atoms with E-state index in [1.165, 1.54) is 5.56 Å². The Morgan fingerprint density at radius 2 is 1.84 bits per heavy atom. The van der Waals surface area contributed by atoms with Crippen LogP contribution < -0.4 is 5.32 Å². The van der Waals surface area contributed by atoms with Gasteiger partial charge in [-0.1, -0.05) is 12.1 Å². The highest BCUT2D eigenvalue weighted by molar-refractivity contribution is 7.80. The molecule has 0 saturated carbocycles. The van der Waals surface area contributed by atoms with Gasteiger partial charge in [-0.05, 0) is 63.5 Å². The maximum atomic E-state index is 11.6. The molecule has 0 bridgehead atoms. The molecule has 0 aromatic heterocycles. The number of carbonyl (C=O) groups excluding carboxylic acids is 1. The van der Waals surface area contributed by atoms with E-state index in [0.717, 1.165) is 30.7 Å². The zero-order chi connectivity index (χ0) is 14.3. The number of carbonyl (C=O) groups is 1. The molecule has 1 aromatic rings. The molecule has 0 saturated heterocycles. The minimum atomic E-state index is -0.475. The van der Waals surface area contributed by atoms with Crippen molar-refractivity contribution in [1.29, 1.82) is 0 Å². The van der Waals surface area contributed by atoms with Crippen molar-refractivity contribution >= 4 is 24.4 Å². The van der Waals surface area contributed by atoms with E-state index < -0.39 is 11.7 Å². The van der Waals surface area contributed by atoms with E-state index in [4.69, 9.17) is 4.74 Å². The molecule has 0 aliphatic heterocycles. The molecule has 1 amide bonds. The minimum absolute atomic E-state index is 0.421. The van der Waals surface area contributed by atoms with Crippen LogP contribution in [0.15, 0.2) is 24.3 Å². The lowest BCUT2D eigenvalue weighted by Gasteiger charge is -2.19. The van der Waals surface area contributed by atoms with E-state index in [-0.39, 0.29) is 0 Å². The van der Waals surface area contributed by atoms with Crippen molar-refractivity contribution in [2.75, 3.05) is 11.1 Å². The second-order valence-corrected chi connectivity index (χ2v) is 5.95. The van der Waals surface area contributed by atoms with Gasteiger partial charge in [0.2, 0.25) is 0 Å². The Morgan fingerprint density at radius 1 is 1.21 bits per heavy atom. The number of ether oxygens (including phenoxy) is 1. The second kappa shape index (κ2) is 7.43. The number of anilines is 1. The SMILES string of the molecule is CC(C)(C)OC(=O)Nc1ccc(CCCCS)cc1. The molecule has 106 valence electrons. The Kier molecular flexibility index (Phi) is 6.22. The van der Waals surface area contributed by atoms with Crippen LogP contribution in [0.5, 0.6) is 0 Å². The van der Waals surface area contributed by atoms with Gasteiger partial charge >= 0.3 is 6.09 Å². The summed E-state index contributed by atoms with van der Waals surface area (Å²) in [6.07, 6.45) is 2.90. The molecule has 0 atom stereocenters. The van der Waals surface area contributed by atoms with Crippen LogP contribution in [-0.4, -0.2) is 17.4 Å². The van der Waals surface area contributed by atoms with E-state index >= 15 is 0 Å². The number of nitrogens with one attached hydrogen (secondary N) is 1. The lowest BCUT2D eigenvalue weighted by atomic mass is 10.1. The fourth-order valence-electron chi connectivity index (χ4n) is 1.62. The standard InChI is InChI=1S/C15H23NO2S/c1-15(2,3)18-14(17)16-13-9-7-12(8-10-13)6-4-5-11-19/h7-10,19H,4-6,11H2,1-3H3,(H,16,17). The third-order valence-corrected chi connectivity index (χ3v) is 2.79. The quantitative estimate of drug-likeness (QED) is 0.624. The molecular formula is C15H23NO2S. The number of unbranched alkanes of at least 4 members (excludes halogenated alkanes) is 1. The first-order chi connectivity index (χ1) is 8.90. The number of benzene rings is 1. The molecule has 0 aliphatic carbocycles. The van der Waals surface area contributed by atoms with Crippen molar-refractivity contribution in [3.05, 3.63) is 29.8 Å². The summed E-state index contributed by atoms with van der Waals surface area (Å²) in [4.78, 5) is 11.6. The van der Waals surface area contributed by atoms with E-state index in [1.54, 1.807) is 0 Å². The second-order valence-electron chi connectivity index (χ2n) is 5.50. The lowest BCUT2D eigenvalue weighted by molar-refractivity contribution is 0.0636. The molecular weight excluding hydrogens is 258 g/mol. The van der Waals surface area contributed by atoms with Gasteiger partial charge in [-0.25, -0.2) is 4.79 Å². The van der Waals surface area contributed by atoms with Crippen LogP contribution in [0.4, 0.5) is 10.5 Å². The molecule has 19 heavy (non-hydrogen) atoms. The smallest absolute Gasteiger partial charge is 0.412 e. The van der Waals surface area contributed by atoms with Crippen molar-refractivity contribution < 1.29 is 9.53 Å². The van der Waals surface area contributed by atoms with Gasteiger partial charge in [-0.15, -0.1) is 0 Å². The van der Waals surface area contributed by atoms with Crippen LogP contribution in [0.3, 0.4) is 0 Å². The maximum absolute atomic E-state index is 11.6. The van der Waals surface area contributed by atoms with Gasteiger partial charge in [0, 0.05) is 5.69 Å². The highest BCUT2D eigenvalue weighted by Gasteiger charge is 2.15. The van der Waals surface area contributed by atoms with Gasteiger partial charge in [-0.3, -0.25) is 5.32 Å². The lowest BCUT2D eigenvalue weighted by Crippen LogP contribution is -2.27. The van der Waals surface area contributed by atoms with Crippen molar-refractivity contribution in [1.82, 2.24) is 0 Å². The summed E-state index contributed by atoms with van der Waals surface area (Å²) in [5, 5.41) is 2.72. The van der Waals surface area contributed by atoms with Crippen LogP contribution in [0.2, 0.25) is 0 Å². The fourth-order valence-corrected chi connectivity index (χ4v) is 1.84. The van der Waals surface area contributed by atoms with Crippen molar-refractivity contribution in [3.63, 3.8) is 0 Å². The molecule has 0 radical (unpaired) electrons.